The van der Waals surface area contributed by atoms with Crippen molar-refractivity contribution >= 4 is 52.6 Å². The van der Waals surface area contributed by atoms with E-state index in [0.717, 1.165) is 42.0 Å². The molecule has 0 bridgehead atoms. The van der Waals surface area contributed by atoms with Crippen molar-refractivity contribution < 1.29 is 60.2 Å². The van der Waals surface area contributed by atoms with Gasteiger partial charge in [0.15, 0.2) is 0 Å². The summed E-state index contributed by atoms with van der Waals surface area (Å²) in [6.45, 7) is 5.83. The molecule has 2 aromatic carbocycles. The topological polar surface area (TPSA) is 174 Å². The maximum absolute atomic E-state index is 13.7. The standard InChI is InChI=1S/C39H38F3N7O5.C2HF3O2/c1-38(2,37(54)44-30-11-8-26(39(40,41)42)14-32(30)47-20-24-4-3-5-25(24)21-47)48-19-22(16-43-48)6-7-23-17-46(18-23)27-9-10-28-29(15-27)36(53)49(35(28)52)31-12-13-33(50)45-34(31)51;3-2(4,5)1(6)7/h8-11,14-16,19,23-25,31H,3-5,12-13,17-18,20-21H2,1-2H3,(H,44,54)(H,45,50,51);(H,6,7). The number of imide groups is 2. The predicted octanol–water partition coefficient (Wildman–Crippen LogP) is 5.03. The number of halogens is 6. The minimum absolute atomic E-state index is 0.00145. The summed E-state index contributed by atoms with van der Waals surface area (Å²) in [7, 11) is 0. The summed E-state index contributed by atoms with van der Waals surface area (Å²) < 4.78 is 74.4. The van der Waals surface area contributed by atoms with E-state index in [4.69, 9.17) is 9.90 Å². The van der Waals surface area contributed by atoms with Gasteiger partial charge < -0.3 is 20.2 Å². The Morgan fingerprint density at radius 1 is 0.869 bits per heavy atom. The van der Waals surface area contributed by atoms with Crippen LogP contribution in [0, 0.1) is 29.6 Å². The first-order valence-electron chi connectivity index (χ1n) is 19.4. The van der Waals surface area contributed by atoms with Crippen molar-refractivity contribution in [2.24, 2.45) is 17.8 Å². The highest BCUT2D eigenvalue weighted by molar-refractivity contribution is 6.23. The highest BCUT2D eigenvalue weighted by Crippen LogP contribution is 2.43. The molecule has 8 rings (SSSR count). The number of fused-ring (bicyclic) bond motifs is 2. The van der Waals surface area contributed by atoms with E-state index >= 15 is 0 Å². The number of carbonyl (C=O) groups is 6. The minimum atomic E-state index is -5.08. The van der Waals surface area contributed by atoms with Crippen LogP contribution in [0.4, 0.5) is 43.4 Å². The zero-order valence-corrected chi connectivity index (χ0v) is 32.7. The fourth-order valence-corrected chi connectivity index (χ4v) is 8.20. The van der Waals surface area contributed by atoms with Crippen LogP contribution in [0.15, 0.2) is 48.8 Å². The van der Waals surface area contributed by atoms with Crippen LogP contribution < -0.4 is 20.4 Å². The van der Waals surface area contributed by atoms with E-state index in [2.05, 4.69) is 27.6 Å². The van der Waals surface area contributed by atoms with Crippen molar-refractivity contribution in [3.63, 3.8) is 0 Å². The maximum atomic E-state index is 13.7. The van der Waals surface area contributed by atoms with Gasteiger partial charge in [-0.1, -0.05) is 18.3 Å². The van der Waals surface area contributed by atoms with Crippen LogP contribution in [0.2, 0.25) is 0 Å². The van der Waals surface area contributed by atoms with Gasteiger partial charge in [0.25, 0.3) is 17.7 Å². The van der Waals surface area contributed by atoms with Crippen molar-refractivity contribution in [3.05, 3.63) is 71.0 Å². The molecule has 4 fully saturated rings. The van der Waals surface area contributed by atoms with E-state index < -0.39 is 65.0 Å². The third kappa shape index (κ3) is 8.63. The maximum Gasteiger partial charge on any atom is 0.490 e. The van der Waals surface area contributed by atoms with Crippen LogP contribution in [0.5, 0.6) is 0 Å². The van der Waals surface area contributed by atoms with E-state index in [1.54, 1.807) is 44.4 Å². The number of anilines is 3. The van der Waals surface area contributed by atoms with E-state index in [0.29, 0.717) is 55.0 Å². The second kappa shape index (κ2) is 15.9. The predicted molar refractivity (Wildman–Crippen MR) is 204 cm³/mol. The van der Waals surface area contributed by atoms with E-state index in [1.807, 2.05) is 9.80 Å². The molecule has 3 aromatic rings. The van der Waals surface area contributed by atoms with Crippen LogP contribution in [0.1, 0.15) is 77.8 Å². The first-order chi connectivity index (χ1) is 28.6. The summed E-state index contributed by atoms with van der Waals surface area (Å²) in [5, 5.41) is 16.6. The van der Waals surface area contributed by atoms with Gasteiger partial charge in [0, 0.05) is 44.5 Å². The lowest BCUT2D eigenvalue weighted by atomic mass is 9.98. The van der Waals surface area contributed by atoms with Crippen molar-refractivity contribution in [1.29, 1.82) is 0 Å². The van der Waals surface area contributed by atoms with Crippen molar-refractivity contribution in [2.45, 2.75) is 69.9 Å². The van der Waals surface area contributed by atoms with Gasteiger partial charge in [0.1, 0.15) is 11.6 Å². The number of aliphatic carboxylic acids is 1. The molecule has 322 valence electrons. The number of carbonyl (C=O) groups excluding carboxylic acids is 5. The first kappa shape index (κ1) is 42.7. The van der Waals surface area contributed by atoms with Crippen molar-refractivity contribution in [2.75, 3.05) is 41.3 Å². The molecule has 4 aliphatic heterocycles. The number of amides is 5. The Kier molecular flexibility index (Phi) is 11.1. The summed E-state index contributed by atoms with van der Waals surface area (Å²) in [4.78, 5) is 77.7. The molecule has 14 nitrogen and oxygen atoms in total. The first-order valence-corrected chi connectivity index (χ1v) is 19.4. The van der Waals surface area contributed by atoms with Gasteiger partial charge in [-0.3, -0.25) is 38.9 Å². The molecule has 5 heterocycles. The van der Waals surface area contributed by atoms with Gasteiger partial charge in [-0.2, -0.15) is 31.4 Å². The van der Waals surface area contributed by atoms with Crippen molar-refractivity contribution in [1.82, 2.24) is 20.0 Å². The summed E-state index contributed by atoms with van der Waals surface area (Å²) >= 11 is 0. The lowest BCUT2D eigenvalue weighted by molar-refractivity contribution is -0.192. The van der Waals surface area contributed by atoms with Gasteiger partial charge in [0.2, 0.25) is 11.8 Å². The highest BCUT2D eigenvalue weighted by Gasteiger charge is 2.45. The fraction of sp³-hybridized carbons (Fsp3) is 0.439. The number of carboxylic acids is 1. The van der Waals surface area contributed by atoms with Crippen LogP contribution in [0.25, 0.3) is 0 Å². The van der Waals surface area contributed by atoms with Crippen LogP contribution in [-0.4, -0.2) is 93.7 Å². The largest absolute Gasteiger partial charge is 0.490 e. The molecule has 0 spiro atoms. The molecule has 5 aliphatic rings. The minimum Gasteiger partial charge on any atom is -0.475 e. The number of alkyl halides is 6. The van der Waals surface area contributed by atoms with Crippen LogP contribution in [-0.2, 0) is 30.9 Å². The summed E-state index contributed by atoms with van der Waals surface area (Å²) in [6.07, 6.45) is -2.98. The zero-order valence-electron chi connectivity index (χ0n) is 32.7. The number of nitrogens with one attached hydrogen (secondary N) is 2. The Balaban J connectivity index is 0.000000739. The number of carboxylic acid groups (broad SMARTS) is 1. The normalized spacial score (nSPS) is 21.5. The molecule has 1 saturated carbocycles. The fourth-order valence-electron chi connectivity index (χ4n) is 8.20. The number of hydrogen-bond acceptors (Lipinski definition) is 9. The van der Waals surface area contributed by atoms with Gasteiger partial charge in [-0.25, -0.2) is 4.79 Å². The summed E-state index contributed by atoms with van der Waals surface area (Å²) in [6, 6.07) is 7.41. The molecule has 3 atom stereocenters. The molecule has 20 heteroatoms. The average molecular weight is 856 g/mol. The van der Waals surface area contributed by atoms with Gasteiger partial charge in [0.05, 0.1) is 45.7 Å². The monoisotopic (exact) mass is 855 g/mol. The Morgan fingerprint density at radius 3 is 2.15 bits per heavy atom. The van der Waals surface area contributed by atoms with Crippen LogP contribution in [0.3, 0.4) is 0 Å². The number of rotatable bonds is 6. The van der Waals surface area contributed by atoms with E-state index in [-0.39, 0.29) is 29.9 Å². The average Bonchev–Trinajstić information content (AvgIpc) is 3.96. The Morgan fingerprint density at radius 2 is 1.52 bits per heavy atom. The van der Waals surface area contributed by atoms with Gasteiger partial charge >= 0.3 is 18.3 Å². The Bertz CT molecular complexity index is 2360. The molecular formula is C41H39F6N7O7. The summed E-state index contributed by atoms with van der Waals surface area (Å²) in [5.41, 5.74) is 0.498. The van der Waals surface area contributed by atoms with E-state index in [1.165, 1.54) is 10.7 Å². The number of aromatic nitrogens is 2. The molecule has 3 unspecified atom stereocenters. The molecule has 0 radical (unpaired) electrons. The second-order valence-electron chi connectivity index (χ2n) is 16.1. The Labute approximate surface area is 344 Å². The number of piperidine rings is 1. The SMILES string of the molecule is CC(C)(C(=O)Nc1ccc(C(F)(F)F)cc1N1CC2CCCC2C1)n1cc(C#CC2CN(c3ccc4c(c3)C(=O)N(C3CCC(=O)NC3=O)C4=O)C2)cn1.O=C(O)C(F)(F)F. The molecule has 3 saturated heterocycles. The molecule has 3 N–H and O–H groups in total. The molecule has 61 heavy (non-hydrogen) atoms. The second-order valence-corrected chi connectivity index (χ2v) is 16.1. The van der Waals surface area contributed by atoms with Crippen molar-refractivity contribution in [3.8, 4) is 11.8 Å². The third-order valence-corrected chi connectivity index (χ3v) is 11.7. The lowest BCUT2D eigenvalue weighted by Gasteiger charge is -2.38. The van der Waals surface area contributed by atoms with Gasteiger partial charge in [-0.05, 0) is 81.3 Å². The quantitative estimate of drug-likeness (QED) is 0.173. The van der Waals surface area contributed by atoms with Gasteiger partial charge in [-0.15, -0.1) is 0 Å². The molecule has 1 aliphatic carbocycles. The smallest absolute Gasteiger partial charge is 0.475 e. The summed E-state index contributed by atoms with van der Waals surface area (Å²) in [5.74, 6) is 1.83. The van der Waals surface area contributed by atoms with E-state index in [9.17, 15) is 50.3 Å². The van der Waals surface area contributed by atoms with Crippen LogP contribution >= 0.6 is 0 Å². The number of nitrogens with zero attached hydrogens (tertiary/aromatic N) is 5. The molecule has 5 amide bonds. The third-order valence-electron chi connectivity index (χ3n) is 11.7. The molecule has 1 aromatic heterocycles. The Hall–Kier alpha value is -6.39. The molecular weight excluding hydrogens is 816 g/mol. The lowest BCUT2D eigenvalue weighted by Crippen LogP contribution is -2.54. The number of hydrogen-bond donors (Lipinski definition) is 3. The highest BCUT2D eigenvalue weighted by atomic mass is 19.4. The number of benzene rings is 2. The zero-order chi connectivity index (χ0) is 44.2.